The number of rotatable bonds is 5. The fraction of sp³-hybridized carbons (Fsp3) is 0.278. The van der Waals surface area contributed by atoms with Crippen molar-refractivity contribution >= 4 is 23.1 Å². The number of ether oxygens (including phenoxy) is 1. The third kappa shape index (κ3) is 3.76. The van der Waals surface area contributed by atoms with Crippen LogP contribution in [0.1, 0.15) is 24.5 Å². The third-order valence-electron chi connectivity index (χ3n) is 4.30. The smallest absolute Gasteiger partial charge is 0.319 e. The quantitative estimate of drug-likeness (QED) is 0.641. The monoisotopic (exact) mass is 369 g/mol. The molecule has 1 aliphatic heterocycles. The Bertz CT molecular complexity index is 850. The Morgan fingerprint density at radius 2 is 2.19 bits per heavy atom. The molecule has 3 N–H and O–H groups in total. The topological polar surface area (TPSA) is 91.9 Å². The minimum atomic E-state index is -0.282. The SMILES string of the molecule is O=C(NCC1CCC(c2ccccc2)O1)Nc1cn[nH]c1-c1nccs1. The molecule has 26 heavy (non-hydrogen) atoms. The van der Waals surface area contributed by atoms with Gasteiger partial charge in [0.2, 0.25) is 0 Å². The summed E-state index contributed by atoms with van der Waals surface area (Å²) >= 11 is 1.48. The first-order valence-corrected chi connectivity index (χ1v) is 9.36. The van der Waals surface area contributed by atoms with Crippen LogP contribution >= 0.6 is 11.3 Å². The molecule has 2 amide bonds. The number of urea groups is 1. The van der Waals surface area contributed by atoms with Crippen LogP contribution in [0.2, 0.25) is 0 Å². The van der Waals surface area contributed by atoms with E-state index in [-0.39, 0.29) is 18.2 Å². The number of anilines is 1. The number of aromatic amines is 1. The highest BCUT2D eigenvalue weighted by molar-refractivity contribution is 7.13. The number of amides is 2. The first-order chi connectivity index (χ1) is 12.8. The van der Waals surface area contributed by atoms with E-state index >= 15 is 0 Å². The van der Waals surface area contributed by atoms with Crippen LogP contribution in [0.5, 0.6) is 0 Å². The maximum Gasteiger partial charge on any atom is 0.319 e. The molecule has 2 aromatic heterocycles. The average Bonchev–Trinajstić information content (AvgIpc) is 3.42. The molecule has 0 bridgehead atoms. The lowest BCUT2D eigenvalue weighted by Crippen LogP contribution is -2.35. The zero-order chi connectivity index (χ0) is 17.8. The molecule has 4 rings (SSSR count). The normalized spacial score (nSPS) is 19.4. The Morgan fingerprint density at radius 1 is 1.31 bits per heavy atom. The van der Waals surface area contributed by atoms with Gasteiger partial charge in [-0.3, -0.25) is 5.10 Å². The zero-order valence-corrected chi connectivity index (χ0v) is 14.8. The maximum atomic E-state index is 12.2. The van der Waals surface area contributed by atoms with Crippen LogP contribution in [0.25, 0.3) is 10.7 Å². The van der Waals surface area contributed by atoms with Gasteiger partial charge in [0.25, 0.3) is 0 Å². The summed E-state index contributed by atoms with van der Waals surface area (Å²) in [6, 6.07) is 9.90. The van der Waals surface area contributed by atoms with E-state index < -0.39 is 0 Å². The number of H-pyrrole nitrogens is 1. The zero-order valence-electron chi connectivity index (χ0n) is 14.0. The van der Waals surface area contributed by atoms with Crippen LogP contribution in [-0.2, 0) is 4.74 Å². The summed E-state index contributed by atoms with van der Waals surface area (Å²) < 4.78 is 6.05. The van der Waals surface area contributed by atoms with E-state index in [1.165, 1.54) is 16.9 Å². The molecule has 0 saturated carbocycles. The molecular weight excluding hydrogens is 350 g/mol. The van der Waals surface area contributed by atoms with Crippen molar-refractivity contribution in [1.29, 1.82) is 0 Å². The summed E-state index contributed by atoms with van der Waals surface area (Å²) in [5, 5.41) is 15.2. The molecule has 0 aliphatic carbocycles. The molecule has 2 unspecified atom stereocenters. The molecular formula is C18H19N5O2S. The predicted molar refractivity (Wildman–Crippen MR) is 100 cm³/mol. The molecule has 1 aliphatic rings. The number of nitrogens with one attached hydrogen (secondary N) is 3. The Hall–Kier alpha value is -2.71. The van der Waals surface area contributed by atoms with Gasteiger partial charge < -0.3 is 15.4 Å². The summed E-state index contributed by atoms with van der Waals surface area (Å²) in [4.78, 5) is 16.4. The number of benzene rings is 1. The standard InChI is InChI=1S/C18H19N5O2S/c24-18(22-14-11-21-23-16(14)17-19-8-9-26-17)20-10-13-6-7-15(25-13)12-4-2-1-3-5-12/h1-5,8-9,11,13,15H,6-7,10H2,(H,21,23)(H2,20,22,24). The second kappa shape index (κ2) is 7.67. The highest BCUT2D eigenvalue weighted by atomic mass is 32.1. The first kappa shape index (κ1) is 16.7. The minimum absolute atomic E-state index is 0.0220. The van der Waals surface area contributed by atoms with Gasteiger partial charge in [-0.25, -0.2) is 9.78 Å². The fourth-order valence-electron chi connectivity index (χ4n) is 3.03. The highest BCUT2D eigenvalue weighted by Gasteiger charge is 2.26. The van der Waals surface area contributed by atoms with Crippen molar-refractivity contribution in [2.45, 2.75) is 25.0 Å². The van der Waals surface area contributed by atoms with Gasteiger partial charge in [0.15, 0.2) is 0 Å². The predicted octanol–water partition coefficient (Wildman–Crippen LogP) is 3.58. The van der Waals surface area contributed by atoms with Crippen LogP contribution in [0.3, 0.4) is 0 Å². The van der Waals surface area contributed by atoms with E-state index in [9.17, 15) is 4.79 Å². The fourth-order valence-corrected chi connectivity index (χ4v) is 3.68. The van der Waals surface area contributed by atoms with Gasteiger partial charge in [0, 0.05) is 18.1 Å². The highest BCUT2D eigenvalue weighted by Crippen LogP contribution is 2.32. The van der Waals surface area contributed by atoms with Gasteiger partial charge in [-0.1, -0.05) is 30.3 Å². The van der Waals surface area contributed by atoms with E-state index in [4.69, 9.17) is 4.74 Å². The van der Waals surface area contributed by atoms with Crippen molar-refractivity contribution in [1.82, 2.24) is 20.5 Å². The van der Waals surface area contributed by atoms with Crippen LogP contribution < -0.4 is 10.6 Å². The van der Waals surface area contributed by atoms with E-state index in [0.717, 1.165) is 17.8 Å². The van der Waals surface area contributed by atoms with Gasteiger partial charge in [-0.15, -0.1) is 11.3 Å². The number of thiazole rings is 1. The Morgan fingerprint density at radius 3 is 3.00 bits per heavy atom. The van der Waals surface area contributed by atoms with Crippen LogP contribution in [-0.4, -0.2) is 33.9 Å². The first-order valence-electron chi connectivity index (χ1n) is 8.48. The number of carbonyl (C=O) groups is 1. The van der Waals surface area contributed by atoms with Gasteiger partial charge in [-0.2, -0.15) is 5.10 Å². The average molecular weight is 369 g/mol. The molecule has 8 heteroatoms. The van der Waals surface area contributed by atoms with Crippen molar-refractivity contribution in [2.75, 3.05) is 11.9 Å². The van der Waals surface area contributed by atoms with Crippen LogP contribution in [0.15, 0.2) is 48.1 Å². The molecule has 1 fully saturated rings. The van der Waals surface area contributed by atoms with Crippen molar-refractivity contribution in [3.63, 3.8) is 0 Å². The van der Waals surface area contributed by atoms with Crippen molar-refractivity contribution in [3.8, 4) is 10.7 Å². The number of carbonyl (C=O) groups excluding carboxylic acids is 1. The summed E-state index contributed by atoms with van der Waals surface area (Å²) in [5.41, 5.74) is 2.49. The van der Waals surface area contributed by atoms with Gasteiger partial charge in [-0.05, 0) is 18.4 Å². The van der Waals surface area contributed by atoms with Gasteiger partial charge in [0.1, 0.15) is 10.7 Å². The molecule has 0 radical (unpaired) electrons. The van der Waals surface area contributed by atoms with Crippen molar-refractivity contribution < 1.29 is 9.53 Å². The van der Waals surface area contributed by atoms with E-state index in [2.05, 4.69) is 37.9 Å². The van der Waals surface area contributed by atoms with Crippen LogP contribution in [0, 0.1) is 0 Å². The molecule has 3 heterocycles. The molecule has 1 aromatic carbocycles. The molecule has 0 spiro atoms. The number of nitrogens with zero attached hydrogens (tertiary/aromatic N) is 2. The Kier molecular flexibility index (Phi) is 4.94. The largest absolute Gasteiger partial charge is 0.368 e. The molecule has 134 valence electrons. The van der Waals surface area contributed by atoms with Crippen LogP contribution in [0.4, 0.5) is 10.5 Å². The number of aromatic nitrogens is 3. The maximum absolute atomic E-state index is 12.2. The lowest BCUT2D eigenvalue weighted by molar-refractivity contribution is 0.0465. The molecule has 1 saturated heterocycles. The van der Waals surface area contributed by atoms with E-state index in [0.29, 0.717) is 17.9 Å². The lowest BCUT2D eigenvalue weighted by atomic mass is 10.1. The molecule has 2 atom stereocenters. The molecule has 3 aromatic rings. The summed E-state index contributed by atoms with van der Waals surface area (Å²) in [7, 11) is 0. The summed E-state index contributed by atoms with van der Waals surface area (Å²) in [5.74, 6) is 0. The van der Waals surface area contributed by atoms with Crippen molar-refractivity contribution in [3.05, 3.63) is 53.7 Å². The van der Waals surface area contributed by atoms with E-state index in [1.54, 1.807) is 12.4 Å². The number of hydrogen-bond acceptors (Lipinski definition) is 5. The summed E-state index contributed by atoms with van der Waals surface area (Å²) in [6.07, 6.45) is 5.31. The second-order valence-corrected chi connectivity index (χ2v) is 6.96. The van der Waals surface area contributed by atoms with Crippen molar-refractivity contribution in [2.24, 2.45) is 0 Å². The lowest BCUT2D eigenvalue weighted by Gasteiger charge is -2.15. The van der Waals surface area contributed by atoms with E-state index in [1.807, 2.05) is 23.6 Å². The Balaban J connectivity index is 1.28. The molecule has 7 nitrogen and oxygen atoms in total. The Labute approximate surface area is 154 Å². The minimum Gasteiger partial charge on any atom is -0.368 e. The van der Waals surface area contributed by atoms with Gasteiger partial charge in [0.05, 0.1) is 24.1 Å². The third-order valence-corrected chi connectivity index (χ3v) is 5.09. The van der Waals surface area contributed by atoms with Gasteiger partial charge >= 0.3 is 6.03 Å². The number of hydrogen-bond donors (Lipinski definition) is 3. The second-order valence-electron chi connectivity index (χ2n) is 6.07. The summed E-state index contributed by atoms with van der Waals surface area (Å²) in [6.45, 7) is 0.472.